The average Bonchev–Trinajstić information content (AvgIpc) is 2.67. The molecule has 146 valence electrons. The Hall–Kier alpha value is -2.19. The van der Waals surface area contributed by atoms with Gasteiger partial charge in [-0.15, -0.1) is 0 Å². The summed E-state index contributed by atoms with van der Waals surface area (Å²) in [6.45, 7) is 4.38. The molecule has 0 radical (unpaired) electrons. The summed E-state index contributed by atoms with van der Waals surface area (Å²) < 4.78 is 35.4. The van der Waals surface area contributed by atoms with Gasteiger partial charge in [0.1, 0.15) is 23.0 Å². The maximum absolute atomic E-state index is 12.1. The van der Waals surface area contributed by atoms with Gasteiger partial charge in [-0.3, -0.25) is 0 Å². The van der Waals surface area contributed by atoms with Crippen LogP contribution in [0.3, 0.4) is 0 Å². The fraction of sp³-hybridized carbons (Fsp3) is 0.474. The highest BCUT2D eigenvalue weighted by atomic mass is 32.2. The number of sulfone groups is 1. The summed E-state index contributed by atoms with van der Waals surface area (Å²) in [6, 6.07) is 7.32. The molecule has 3 rings (SSSR count). The maximum atomic E-state index is 12.1. The lowest BCUT2D eigenvalue weighted by Crippen LogP contribution is -2.30. The maximum Gasteiger partial charge on any atom is 0.178 e. The van der Waals surface area contributed by atoms with Gasteiger partial charge in [0.05, 0.1) is 12.3 Å². The average molecular weight is 391 g/mol. The topological polar surface area (TPSA) is 90.4 Å². The minimum absolute atomic E-state index is 0.0655. The summed E-state index contributed by atoms with van der Waals surface area (Å²) in [5.74, 6) is 1.99. The van der Waals surface area contributed by atoms with Crippen molar-refractivity contribution in [2.45, 2.75) is 37.2 Å². The summed E-state index contributed by atoms with van der Waals surface area (Å²) in [7, 11) is -3.38. The molecular formula is C19H25N3O4S. The molecule has 2 aromatic rings. The summed E-state index contributed by atoms with van der Waals surface area (Å²) >= 11 is 0. The van der Waals surface area contributed by atoms with Crippen LogP contribution in [0.25, 0.3) is 0 Å². The van der Waals surface area contributed by atoms with Crippen molar-refractivity contribution in [1.82, 2.24) is 15.3 Å². The molecule has 1 atom stereocenters. The van der Waals surface area contributed by atoms with Crippen molar-refractivity contribution in [2.24, 2.45) is 0 Å². The standard InChI is InChI=1S/C19H25N3O4S/c1-3-25-15-6-8-16(9-7-15)26-13-18-21-12-17(27(2,23)24)19(22-18)14-5-4-10-20-11-14/h6-9,12,14,20H,3-5,10-11,13H2,1-2H3/t14-/m0/s1. The van der Waals surface area contributed by atoms with Crippen molar-refractivity contribution in [3.63, 3.8) is 0 Å². The van der Waals surface area contributed by atoms with E-state index < -0.39 is 9.84 Å². The molecule has 27 heavy (non-hydrogen) atoms. The summed E-state index contributed by atoms with van der Waals surface area (Å²) in [6.07, 6.45) is 4.51. The van der Waals surface area contributed by atoms with Crippen LogP contribution in [0.5, 0.6) is 11.5 Å². The number of piperidine rings is 1. The van der Waals surface area contributed by atoms with Crippen LogP contribution in [0.15, 0.2) is 35.4 Å². The van der Waals surface area contributed by atoms with E-state index in [1.165, 1.54) is 12.5 Å². The molecule has 2 heterocycles. The predicted octanol–water partition coefficient (Wildman–Crippen LogP) is 2.32. The molecule has 1 aliphatic heterocycles. The molecule has 1 fully saturated rings. The minimum Gasteiger partial charge on any atom is -0.494 e. The monoisotopic (exact) mass is 391 g/mol. The summed E-state index contributed by atoms with van der Waals surface area (Å²) in [4.78, 5) is 8.96. The number of hydrogen-bond donors (Lipinski definition) is 1. The Labute approximate surface area is 160 Å². The third-order valence-corrected chi connectivity index (χ3v) is 5.53. The van der Waals surface area contributed by atoms with E-state index in [-0.39, 0.29) is 17.4 Å². The van der Waals surface area contributed by atoms with Crippen LogP contribution >= 0.6 is 0 Å². The number of aromatic nitrogens is 2. The third-order valence-electron chi connectivity index (χ3n) is 4.42. The number of benzene rings is 1. The fourth-order valence-electron chi connectivity index (χ4n) is 3.10. The lowest BCUT2D eigenvalue weighted by Gasteiger charge is -2.24. The molecule has 7 nitrogen and oxygen atoms in total. The van der Waals surface area contributed by atoms with Crippen molar-refractivity contribution in [3.8, 4) is 11.5 Å². The molecule has 0 amide bonds. The highest BCUT2D eigenvalue weighted by Crippen LogP contribution is 2.27. The lowest BCUT2D eigenvalue weighted by atomic mass is 9.96. The fourth-order valence-corrected chi connectivity index (χ4v) is 3.94. The van der Waals surface area contributed by atoms with Crippen LogP contribution in [0.2, 0.25) is 0 Å². The second-order valence-electron chi connectivity index (χ2n) is 6.54. The molecule has 8 heteroatoms. The third kappa shape index (κ3) is 5.17. The van der Waals surface area contributed by atoms with Crippen molar-refractivity contribution < 1.29 is 17.9 Å². The zero-order chi connectivity index (χ0) is 19.3. The van der Waals surface area contributed by atoms with Crippen LogP contribution in [-0.2, 0) is 16.4 Å². The Kier molecular flexibility index (Phi) is 6.28. The molecule has 0 spiro atoms. The first-order valence-electron chi connectivity index (χ1n) is 9.09. The Balaban J connectivity index is 1.77. The molecule has 1 saturated heterocycles. The predicted molar refractivity (Wildman–Crippen MR) is 102 cm³/mol. The van der Waals surface area contributed by atoms with Crippen molar-refractivity contribution in [1.29, 1.82) is 0 Å². The molecule has 0 saturated carbocycles. The lowest BCUT2D eigenvalue weighted by molar-refractivity contribution is 0.292. The molecule has 0 bridgehead atoms. The van der Waals surface area contributed by atoms with Gasteiger partial charge in [0.2, 0.25) is 0 Å². The molecular weight excluding hydrogens is 366 g/mol. The molecule has 0 aliphatic carbocycles. The van der Waals surface area contributed by atoms with Crippen LogP contribution in [0.1, 0.15) is 37.2 Å². The van der Waals surface area contributed by atoms with E-state index in [2.05, 4.69) is 15.3 Å². The van der Waals surface area contributed by atoms with Crippen LogP contribution in [0, 0.1) is 0 Å². The molecule has 1 aromatic carbocycles. The van der Waals surface area contributed by atoms with E-state index in [4.69, 9.17) is 9.47 Å². The van der Waals surface area contributed by atoms with Crippen molar-refractivity contribution in [2.75, 3.05) is 26.0 Å². The van der Waals surface area contributed by atoms with Crippen LogP contribution in [-0.4, -0.2) is 44.3 Å². The van der Waals surface area contributed by atoms with Gasteiger partial charge in [-0.25, -0.2) is 18.4 Å². The highest BCUT2D eigenvalue weighted by molar-refractivity contribution is 7.90. The van der Waals surface area contributed by atoms with E-state index in [1.54, 1.807) is 0 Å². The van der Waals surface area contributed by atoms with Gasteiger partial charge in [0, 0.05) is 24.9 Å². The smallest absolute Gasteiger partial charge is 0.178 e. The van der Waals surface area contributed by atoms with E-state index >= 15 is 0 Å². The van der Waals surface area contributed by atoms with Gasteiger partial charge in [0.25, 0.3) is 0 Å². The van der Waals surface area contributed by atoms with Gasteiger partial charge in [-0.2, -0.15) is 0 Å². The Morgan fingerprint density at radius 2 is 1.89 bits per heavy atom. The van der Waals surface area contributed by atoms with Crippen LogP contribution in [0.4, 0.5) is 0 Å². The van der Waals surface area contributed by atoms with Crippen molar-refractivity contribution >= 4 is 9.84 Å². The number of nitrogens with zero attached hydrogens (tertiary/aromatic N) is 2. The largest absolute Gasteiger partial charge is 0.494 e. The highest BCUT2D eigenvalue weighted by Gasteiger charge is 2.25. The van der Waals surface area contributed by atoms with E-state index in [9.17, 15) is 8.42 Å². The van der Waals surface area contributed by atoms with Crippen molar-refractivity contribution in [3.05, 3.63) is 42.0 Å². The summed E-state index contributed by atoms with van der Waals surface area (Å²) in [5, 5.41) is 3.31. The van der Waals surface area contributed by atoms with Gasteiger partial charge < -0.3 is 14.8 Å². The first-order chi connectivity index (χ1) is 13.0. The van der Waals surface area contributed by atoms with E-state index in [1.807, 2.05) is 31.2 Å². The van der Waals surface area contributed by atoms with Crippen LogP contribution < -0.4 is 14.8 Å². The molecule has 1 N–H and O–H groups in total. The second kappa shape index (κ2) is 8.67. The number of ether oxygens (including phenoxy) is 2. The van der Waals surface area contributed by atoms with Gasteiger partial charge in [0.15, 0.2) is 15.7 Å². The molecule has 0 unspecified atom stereocenters. The quantitative estimate of drug-likeness (QED) is 0.774. The molecule has 1 aliphatic rings. The Bertz CT molecular complexity index is 863. The van der Waals surface area contributed by atoms with Gasteiger partial charge in [-0.1, -0.05) is 0 Å². The van der Waals surface area contributed by atoms with E-state index in [0.29, 0.717) is 23.9 Å². The van der Waals surface area contributed by atoms with Gasteiger partial charge >= 0.3 is 0 Å². The Morgan fingerprint density at radius 1 is 1.19 bits per heavy atom. The number of hydrogen-bond acceptors (Lipinski definition) is 7. The van der Waals surface area contributed by atoms with Gasteiger partial charge in [-0.05, 0) is 50.6 Å². The first kappa shape index (κ1) is 19.6. The second-order valence-corrected chi connectivity index (χ2v) is 8.53. The minimum atomic E-state index is -3.38. The SMILES string of the molecule is CCOc1ccc(OCc2ncc(S(C)(=O)=O)c([C@H]3CCCNC3)n2)cc1. The molecule has 1 aromatic heterocycles. The number of rotatable bonds is 7. The summed E-state index contributed by atoms with van der Waals surface area (Å²) in [5.41, 5.74) is 0.588. The number of nitrogens with one attached hydrogen (secondary N) is 1. The zero-order valence-electron chi connectivity index (χ0n) is 15.6. The first-order valence-corrected chi connectivity index (χ1v) is 11.0. The Morgan fingerprint density at radius 3 is 2.48 bits per heavy atom. The normalized spacial score (nSPS) is 17.5. The zero-order valence-corrected chi connectivity index (χ0v) is 16.5. The van der Waals surface area contributed by atoms with E-state index in [0.717, 1.165) is 31.7 Å².